The number of hydrogen-bond acceptors (Lipinski definition) is 10. The van der Waals surface area contributed by atoms with Crippen molar-refractivity contribution in [3.05, 3.63) is 126 Å². The molecule has 238 valence electrons. The number of nitrogen functional groups attached to an aromatic ring is 1. The molecule has 0 spiro atoms. The molecule has 0 bridgehead atoms. The second kappa shape index (κ2) is 14.1. The number of oxime groups is 1. The quantitative estimate of drug-likeness (QED) is 0.0621. The zero-order valence-corrected chi connectivity index (χ0v) is 27.0. The van der Waals surface area contributed by atoms with E-state index in [-0.39, 0.29) is 28.9 Å². The van der Waals surface area contributed by atoms with Crippen molar-refractivity contribution in [1.82, 2.24) is 10.3 Å². The molecule has 0 radical (unpaired) electrons. The summed E-state index contributed by atoms with van der Waals surface area (Å²) >= 11 is 2.59. The van der Waals surface area contributed by atoms with E-state index >= 15 is 0 Å². The van der Waals surface area contributed by atoms with Crippen LogP contribution in [-0.4, -0.2) is 55.9 Å². The summed E-state index contributed by atoms with van der Waals surface area (Å²) < 4.78 is 9.40. The van der Waals surface area contributed by atoms with Gasteiger partial charge in [0.15, 0.2) is 29.3 Å². The van der Waals surface area contributed by atoms with Gasteiger partial charge in [0.25, 0.3) is 11.6 Å². The molecule has 0 saturated carbocycles. The molecule has 1 fully saturated rings. The number of fused-ring (bicyclic) bond motifs is 1. The summed E-state index contributed by atoms with van der Waals surface area (Å²) in [4.78, 5) is 50.9. The fourth-order valence-electron chi connectivity index (χ4n) is 5.38. The molecule has 11 nitrogen and oxygen atoms in total. The minimum absolute atomic E-state index is 0.107. The number of ether oxygens (including phenoxy) is 1. The van der Waals surface area contributed by atoms with Gasteiger partial charge in [-0.05, 0) is 17.2 Å². The lowest BCUT2D eigenvalue weighted by Gasteiger charge is -2.36. The second-order valence-corrected chi connectivity index (χ2v) is 12.9. The lowest BCUT2D eigenvalue weighted by atomic mass is 9.98. The molecular formula is C34H32N6O5S2+2. The molecule has 2 aliphatic rings. The summed E-state index contributed by atoms with van der Waals surface area (Å²) in [5.74, 6) is -1.69. The summed E-state index contributed by atoms with van der Waals surface area (Å²) in [5, 5.41) is 8.18. The monoisotopic (exact) mass is 668 g/mol. The Bertz CT molecular complexity index is 1840. The molecule has 4 aromatic rings. The first-order valence-electron chi connectivity index (χ1n) is 14.8. The Hall–Kier alpha value is -5.14. The molecule has 2 aromatic carbocycles. The smallest absolute Gasteiger partial charge is 0.418 e. The number of nitrogens with zero attached hydrogens (tertiary/aromatic N) is 4. The van der Waals surface area contributed by atoms with E-state index in [1.54, 1.807) is 11.5 Å². The largest absolute Gasteiger partial charge is 0.445 e. The summed E-state index contributed by atoms with van der Waals surface area (Å²) in [6.07, 6.45) is 4.71. The minimum atomic E-state index is -0.922. The van der Waals surface area contributed by atoms with Crippen LogP contribution in [-0.2, 0) is 37.6 Å². The number of anilines is 1. The Morgan fingerprint density at radius 1 is 1.13 bits per heavy atom. The van der Waals surface area contributed by atoms with E-state index in [1.807, 2.05) is 96.8 Å². The number of aryl methyl sites for hydroxylation is 1. The van der Waals surface area contributed by atoms with E-state index < -0.39 is 41.2 Å². The maximum Gasteiger partial charge on any atom is 0.418 e. The van der Waals surface area contributed by atoms with Gasteiger partial charge in [0, 0.05) is 17.2 Å². The molecule has 2 aliphatic heterocycles. The van der Waals surface area contributed by atoms with Crippen LogP contribution in [0.25, 0.3) is 0 Å². The number of carbonyl (C=O) groups excluding carboxylic acids is 3. The highest BCUT2D eigenvalue weighted by Crippen LogP contribution is 2.35. The Morgan fingerprint density at radius 2 is 1.83 bits per heavy atom. The lowest BCUT2D eigenvalue weighted by molar-refractivity contribution is -0.672. The number of amides is 2. The SMILES string of the molecule is C=CC1CS[C@H]2C(NC(=O)C(=NOCc3ccc[n+](C)c3)c3csc(N)n3)C(=O)[N+]2=C1C(=O)OC(c1ccccc1)c1ccccc1. The molecule has 3 N–H and O–H groups in total. The fourth-order valence-corrected chi connectivity index (χ4v) is 7.37. The van der Waals surface area contributed by atoms with E-state index in [2.05, 4.69) is 22.0 Å². The van der Waals surface area contributed by atoms with Crippen molar-refractivity contribution in [2.45, 2.75) is 24.1 Å². The molecule has 13 heteroatoms. The normalized spacial score (nSPS) is 19.1. The predicted molar refractivity (Wildman–Crippen MR) is 178 cm³/mol. The molecule has 1 saturated heterocycles. The van der Waals surface area contributed by atoms with Gasteiger partial charge >= 0.3 is 11.9 Å². The van der Waals surface area contributed by atoms with E-state index in [4.69, 9.17) is 15.3 Å². The summed E-state index contributed by atoms with van der Waals surface area (Å²) in [6.45, 7) is 4.01. The van der Waals surface area contributed by atoms with Crippen molar-refractivity contribution in [2.75, 3.05) is 11.5 Å². The van der Waals surface area contributed by atoms with Crippen molar-refractivity contribution in [2.24, 2.45) is 18.1 Å². The maximum atomic E-state index is 13.9. The number of β-lactam (4-membered cyclic amide) rings is 1. The second-order valence-electron chi connectivity index (χ2n) is 10.9. The molecule has 2 aromatic heterocycles. The zero-order chi connectivity index (χ0) is 32.9. The third kappa shape index (κ3) is 6.86. The topological polar surface area (TPSA) is 140 Å². The summed E-state index contributed by atoms with van der Waals surface area (Å²) in [6, 6.07) is 21.7. The minimum Gasteiger partial charge on any atom is -0.445 e. The fraction of sp³-hybridized carbons (Fsp3) is 0.206. The predicted octanol–water partition coefficient (Wildman–Crippen LogP) is 3.16. The van der Waals surface area contributed by atoms with Gasteiger partial charge in [-0.25, -0.2) is 19.1 Å². The highest BCUT2D eigenvalue weighted by molar-refractivity contribution is 8.00. The van der Waals surface area contributed by atoms with Gasteiger partial charge in [0.1, 0.15) is 19.3 Å². The Balaban J connectivity index is 1.23. The number of nitrogens with two attached hydrogens (primary N) is 1. The number of hydrogen-bond donors (Lipinski definition) is 2. The van der Waals surface area contributed by atoms with Gasteiger partial charge < -0.3 is 20.6 Å². The highest BCUT2D eigenvalue weighted by Gasteiger charge is 2.62. The standard InChI is InChI=1S/C34H31N6O5S2/c1-3-22-19-46-32-27(37-30(41)26(25-20-47-34(35)36-25)38-44-18-21-11-10-16-39(2)17-21)31(42)40(32)28(22)33(43)45-29(23-12-6-4-7-13-23)24-14-8-5-9-15-24/h3-17,20,22,27,29,32H,1,18-19H2,2H3,(H2-,35,36,37,41)/q+1/p+1/t22?,27?,32-/m0/s1. The van der Waals surface area contributed by atoms with Crippen molar-refractivity contribution in [1.29, 1.82) is 0 Å². The van der Waals surface area contributed by atoms with E-state index in [1.165, 1.54) is 16.3 Å². The molecule has 4 heterocycles. The lowest BCUT2D eigenvalue weighted by Crippen LogP contribution is -2.70. The first kappa shape index (κ1) is 31.8. The van der Waals surface area contributed by atoms with Crippen molar-refractivity contribution >= 4 is 57.4 Å². The van der Waals surface area contributed by atoms with Crippen LogP contribution >= 0.6 is 23.1 Å². The molecule has 0 aliphatic carbocycles. The number of allylic oxidation sites excluding steroid dienone is 1. The third-order valence-electron chi connectivity index (χ3n) is 7.68. The maximum absolute atomic E-state index is 13.9. The van der Waals surface area contributed by atoms with Gasteiger partial charge in [-0.15, -0.1) is 22.5 Å². The highest BCUT2D eigenvalue weighted by atomic mass is 32.2. The number of thiazole rings is 1. The van der Waals surface area contributed by atoms with Crippen LogP contribution in [0.1, 0.15) is 28.5 Å². The number of aromatic nitrogens is 2. The van der Waals surface area contributed by atoms with Crippen LogP contribution in [0.5, 0.6) is 0 Å². The van der Waals surface area contributed by atoms with Crippen molar-refractivity contribution in [3.8, 4) is 0 Å². The van der Waals surface area contributed by atoms with Crippen LogP contribution in [0.15, 0.2) is 108 Å². The zero-order valence-electron chi connectivity index (χ0n) is 25.4. The average molecular weight is 669 g/mol. The van der Waals surface area contributed by atoms with Crippen molar-refractivity contribution < 1.29 is 33.1 Å². The Labute approximate surface area is 279 Å². The van der Waals surface area contributed by atoms with Crippen LogP contribution in [0, 0.1) is 5.92 Å². The van der Waals surface area contributed by atoms with Gasteiger partial charge in [-0.3, -0.25) is 4.79 Å². The number of pyridine rings is 1. The van der Waals surface area contributed by atoms with Gasteiger partial charge in [-0.1, -0.05) is 83.7 Å². The first-order chi connectivity index (χ1) is 22.8. The number of carbonyl (C=O) groups is 3. The van der Waals surface area contributed by atoms with E-state index in [0.29, 0.717) is 5.75 Å². The average Bonchev–Trinajstić information content (AvgIpc) is 3.53. The number of benzene rings is 2. The molecule has 2 unspecified atom stereocenters. The molecular weight excluding hydrogens is 637 g/mol. The van der Waals surface area contributed by atoms with Crippen molar-refractivity contribution in [3.63, 3.8) is 0 Å². The summed E-state index contributed by atoms with van der Waals surface area (Å²) in [5.41, 5.74) is 8.56. The van der Waals surface area contributed by atoms with Crippen LogP contribution in [0.2, 0.25) is 0 Å². The van der Waals surface area contributed by atoms with Crippen LogP contribution < -0.4 is 15.6 Å². The first-order valence-corrected chi connectivity index (χ1v) is 16.7. The van der Waals surface area contributed by atoms with Gasteiger partial charge in [-0.2, -0.15) is 0 Å². The van der Waals surface area contributed by atoms with Gasteiger partial charge in [0.05, 0.1) is 11.5 Å². The van der Waals surface area contributed by atoms with E-state index in [9.17, 15) is 14.4 Å². The van der Waals surface area contributed by atoms with Gasteiger partial charge in [0.2, 0.25) is 11.4 Å². The number of esters is 1. The van der Waals surface area contributed by atoms with Crippen LogP contribution in [0.3, 0.4) is 0 Å². The molecule has 2 amide bonds. The van der Waals surface area contributed by atoms with E-state index in [0.717, 1.165) is 28.0 Å². The summed E-state index contributed by atoms with van der Waals surface area (Å²) in [7, 11) is 1.89. The molecule has 6 rings (SSSR count). The Kier molecular flexibility index (Phi) is 9.55. The molecule has 3 atom stereocenters. The Morgan fingerprint density at radius 3 is 2.45 bits per heavy atom. The number of thioether (sulfide) groups is 1. The molecule has 47 heavy (non-hydrogen) atoms. The number of rotatable bonds is 11. The van der Waals surface area contributed by atoms with Crippen LogP contribution in [0.4, 0.5) is 5.13 Å². The number of nitrogens with one attached hydrogen (secondary N) is 1. The third-order valence-corrected chi connectivity index (χ3v) is 9.73.